The third-order valence-corrected chi connectivity index (χ3v) is 2.75. The predicted molar refractivity (Wildman–Crippen MR) is 66.4 cm³/mol. The van der Waals surface area contributed by atoms with Gasteiger partial charge in [0.1, 0.15) is 5.76 Å². The van der Waals surface area contributed by atoms with Crippen LogP contribution in [0.3, 0.4) is 0 Å². The Morgan fingerprint density at radius 2 is 2.19 bits per heavy atom. The molecular formula is C13H23NO2. The van der Waals surface area contributed by atoms with E-state index >= 15 is 0 Å². The van der Waals surface area contributed by atoms with Crippen LogP contribution in [0, 0.1) is 0 Å². The Bertz CT molecular complexity index is 269. The summed E-state index contributed by atoms with van der Waals surface area (Å²) in [7, 11) is 5.84. The number of rotatable bonds is 6. The van der Waals surface area contributed by atoms with Crippen molar-refractivity contribution >= 4 is 0 Å². The van der Waals surface area contributed by atoms with Crippen molar-refractivity contribution in [2.45, 2.75) is 25.9 Å². The fourth-order valence-electron chi connectivity index (χ4n) is 1.75. The van der Waals surface area contributed by atoms with Crippen LogP contribution in [0.15, 0.2) is 23.5 Å². The summed E-state index contributed by atoms with van der Waals surface area (Å²) in [4.78, 5) is 2.12. The normalized spacial score (nSPS) is 18.1. The molecule has 1 rings (SSSR count). The Labute approximate surface area is 98.7 Å². The van der Waals surface area contributed by atoms with E-state index in [0.717, 1.165) is 31.8 Å². The Balaban J connectivity index is 2.48. The van der Waals surface area contributed by atoms with Crippen molar-refractivity contribution in [1.29, 1.82) is 0 Å². The first-order valence-corrected chi connectivity index (χ1v) is 5.85. The van der Waals surface area contributed by atoms with Crippen LogP contribution in [0.5, 0.6) is 0 Å². The Kier molecular flexibility index (Phi) is 5.56. The second-order valence-electron chi connectivity index (χ2n) is 4.34. The molecule has 0 bridgehead atoms. The van der Waals surface area contributed by atoms with Crippen LogP contribution in [0.4, 0.5) is 0 Å². The first-order chi connectivity index (χ1) is 7.65. The molecule has 0 N–H and O–H groups in total. The third-order valence-electron chi connectivity index (χ3n) is 2.75. The van der Waals surface area contributed by atoms with Gasteiger partial charge in [-0.05, 0) is 27.4 Å². The van der Waals surface area contributed by atoms with Gasteiger partial charge in [-0.2, -0.15) is 0 Å². The molecule has 0 aromatic carbocycles. The summed E-state index contributed by atoms with van der Waals surface area (Å²) >= 11 is 0. The molecule has 1 aliphatic carbocycles. The maximum absolute atomic E-state index is 5.79. The van der Waals surface area contributed by atoms with Crippen molar-refractivity contribution in [1.82, 2.24) is 4.90 Å². The zero-order valence-corrected chi connectivity index (χ0v) is 10.8. The van der Waals surface area contributed by atoms with Crippen LogP contribution in [0.2, 0.25) is 0 Å². The number of methoxy groups -OCH3 is 1. The predicted octanol–water partition coefficient (Wildman–Crippen LogP) is 2.20. The lowest BCUT2D eigenvalue weighted by Crippen LogP contribution is -2.22. The summed E-state index contributed by atoms with van der Waals surface area (Å²) in [6.07, 6.45) is 6.49. The van der Waals surface area contributed by atoms with Gasteiger partial charge < -0.3 is 14.4 Å². The highest BCUT2D eigenvalue weighted by Crippen LogP contribution is 2.23. The zero-order valence-electron chi connectivity index (χ0n) is 10.8. The van der Waals surface area contributed by atoms with E-state index in [-0.39, 0.29) is 6.10 Å². The maximum Gasteiger partial charge on any atom is 0.102 e. The smallest absolute Gasteiger partial charge is 0.102 e. The second-order valence-corrected chi connectivity index (χ2v) is 4.34. The molecule has 0 saturated heterocycles. The molecule has 0 saturated carbocycles. The minimum Gasteiger partial charge on any atom is -0.501 e. The van der Waals surface area contributed by atoms with E-state index in [2.05, 4.69) is 24.0 Å². The highest BCUT2D eigenvalue weighted by atomic mass is 16.5. The Morgan fingerprint density at radius 1 is 1.44 bits per heavy atom. The summed E-state index contributed by atoms with van der Waals surface area (Å²) in [5.41, 5.74) is 1.19. The van der Waals surface area contributed by atoms with Crippen LogP contribution in [0.25, 0.3) is 0 Å². The molecule has 1 aliphatic rings. The zero-order chi connectivity index (χ0) is 12.0. The summed E-state index contributed by atoms with van der Waals surface area (Å²) in [6, 6.07) is 0. The SMILES string of the molecule is COC1=C(C(C)OCCN(C)C)C=CCC1. The van der Waals surface area contributed by atoms with Crippen molar-refractivity contribution in [3.63, 3.8) is 0 Å². The van der Waals surface area contributed by atoms with E-state index in [1.807, 2.05) is 14.1 Å². The number of ether oxygens (including phenoxy) is 2. The Morgan fingerprint density at radius 3 is 2.81 bits per heavy atom. The first kappa shape index (κ1) is 13.3. The quantitative estimate of drug-likeness (QED) is 0.691. The van der Waals surface area contributed by atoms with Gasteiger partial charge in [0.15, 0.2) is 0 Å². The van der Waals surface area contributed by atoms with Gasteiger partial charge in [0.2, 0.25) is 0 Å². The number of hydrogen-bond acceptors (Lipinski definition) is 3. The van der Waals surface area contributed by atoms with Gasteiger partial charge in [0.05, 0.1) is 19.8 Å². The molecule has 0 aromatic rings. The first-order valence-electron chi connectivity index (χ1n) is 5.85. The largest absolute Gasteiger partial charge is 0.501 e. The lowest BCUT2D eigenvalue weighted by molar-refractivity contribution is 0.0755. The third kappa shape index (κ3) is 3.99. The minimum atomic E-state index is 0.117. The van der Waals surface area contributed by atoms with Crippen LogP contribution in [-0.2, 0) is 9.47 Å². The standard InChI is InChI=1S/C13H23NO2/c1-11(16-10-9-14(2)3)12-7-5-6-8-13(12)15-4/h5,7,11H,6,8-10H2,1-4H3. The minimum absolute atomic E-state index is 0.117. The molecule has 0 spiro atoms. The van der Waals surface area contributed by atoms with Crippen LogP contribution >= 0.6 is 0 Å². The lowest BCUT2D eigenvalue weighted by Gasteiger charge is -2.21. The average Bonchev–Trinajstić information content (AvgIpc) is 2.28. The van der Waals surface area contributed by atoms with Crippen LogP contribution in [-0.4, -0.2) is 45.4 Å². The summed E-state index contributed by atoms with van der Waals surface area (Å²) < 4.78 is 11.2. The number of nitrogens with zero attached hydrogens (tertiary/aromatic N) is 1. The van der Waals surface area contributed by atoms with Crippen molar-refractivity contribution < 1.29 is 9.47 Å². The molecule has 3 heteroatoms. The monoisotopic (exact) mass is 225 g/mol. The molecule has 92 valence electrons. The number of likely N-dealkylation sites (N-methyl/N-ethyl adjacent to an activating group) is 1. The van der Waals surface area contributed by atoms with Gasteiger partial charge in [-0.1, -0.05) is 12.2 Å². The molecule has 0 fully saturated rings. The molecule has 16 heavy (non-hydrogen) atoms. The van der Waals surface area contributed by atoms with Crippen molar-refractivity contribution in [3.05, 3.63) is 23.5 Å². The van der Waals surface area contributed by atoms with Crippen LogP contribution in [0.1, 0.15) is 19.8 Å². The highest BCUT2D eigenvalue weighted by molar-refractivity contribution is 5.29. The van der Waals surface area contributed by atoms with Gasteiger partial charge in [0, 0.05) is 18.5 Å². The summed E-state index contributed by atoms with van der Waals surface area (Å²) in [6.45, 7) is 3.78. The highest BCUT2D eigenvalue weighted by Gasteiger charge is 2.15. The van der Waals surface area contributed by atoms with E-state index in [1.54, 1.807) is 7.11 Å². The average molecular weight is 225 g/mol. The number of hydrogen-bond donors (Lipinski definition) is 0. The Hall–Kier alpha value is -0.800. The van der Waals surface area contributed by atoms with Gasteiger partial charge in [-0.25, -0.2) is 0 Å². The van der Waals surface area contributed by atoms with E-state index < -0.39 is 0 Å². The van der Waals surface area contributed by atoms with Crippen LogP contribution < -0.4 is 0 Å². The van der Waals surface area contributed by atoms with E-state index in [0.29, 0.717) is 0 Å². The molecule has 0 radical (unpaired) electrons. The van der Waals surface area contributed by atoms with Gasteiger partial charge in [-0.3, -0.25) is 0 Å². The van der Waals surface area contributed by atoms with Gasteiger partial charge >= 0.3 is 0 Å². The number of allylic oxidation sites excluding steroid dienone is 2. The summed E-state index contributed by atoms with van der Waals surface area (Å²) in [5, 5.41) is 0. The maximum atomic E-state index is 5.79. The molecule has 1 unspecified atom stereocenters. The van der Waals surface area contributed by atoms with Gasteiger partial charge in [-0.15, -0.1) is 0 Å². The van der Waals surface area contributed by atoms with Crippen molar-refractivity contribution in [2.24, 2.45) is 0 Å². The topological polar surface area (TPSA) is 21.7 Å². The molecule has 0 amide bonds. The molecule has 1 atom stereocenters. The fraction of sp³-hybridized carbons (Fsp3) is 0.692. The molecule has 0 heterocycles. The summed E-state index contributed by atoms with van der Waals surface area (Å²) in [5.74, 6) is 1.07. The van der Waals surface area contributed by atoms with E-state index in [4.69, 9.17) is 9.47 Å². The van der Waals surface area contributed by atoms with Gasteiger partial charge in [0.25, 0.3) is 0 Å². The second kappa shape index (κ2) is 6.71. The van der Waals surface area contributed by atoms with Crippen molar-refractivity contribution in [3.8, 4) is 0 Å². The molecule has 3 nitrogen and oxygen atoms in total. The molecular weight excluding hydrogens is 202 g/mol. The van der Waals surface area contributed by atoms with E-state index in [9.17, 15) is 0 Å². The van der Waals surface area contributed by atoms with E-state index in [1.165, 1.54) is 5.57 Å². The molecule has 0 aliphatic heterocycles. The van der Waals surface area contributed by atoms with Crippen molar-refractivity contribution in [2.75, 3.05) is 34.4 Å². The fourth-order valence-corrected chi connectivity index (χ4v) is 1.75. The molecule has 0 aromatic heterocycles. The lowest BCUT2D eigenvalue weighted by atomic mass is 10.0.